The smallest absolute Gasteiger partial charge is 0.181 e. The fourth-order valence-corrected chi connectivity index (χ4v) is 1.30. The van der Waals surface area contributed by atoms with E-state index in [1.54, 1.807) is 13.8 Å². The van der Waals surface area contributed by atoms with Crippen molar-refractivity contribution >= 4 is 5.71 Å². The first-order valence-corrected chi connectivity index (χ1v) is 4.94. The molecule has 0 saturated heterocycles. The summed E-state index contributed by atoms with van der Waals surface area (Å²) in [7, 11) is 0. The third kappa shape index (κ3) is 2.74. The van der Waals surface area contributed by atoms with Crippen LogP contribution >= 0.6 is 0 Å². The van der Waals surface area contributed by atoms with Crippen molar-refractivity contribution in [3.8, 4) is 11.8 Å². The van der Waals surface area contributed by atoms with Gasteiger partial charge in [-0.25, -0.2) is 0 Å². The summed E-state index contributed by atoms with van der Waals surface area (Å²) in [6.07, 6.45) is -0.535. The predicted molar refractivity (Wildman–Crippen MR) is 60.9 cm³/mol. The van der Waals surface area contributed by atoms with Gasteiger partial charge in [-0.15, -0.1) is 0 Å². The van der Waals surface area contributed by atoms with Crippen LogP contribution in [0.25, 0.3) is 0 Å². The molecule has 4 heteroatoms. The molecule has 1 N–H and O–H groups in total. The molecule has 1 rings (SSSR count). The lowest BCUT2D eigenvalue weighted by atomic mass is 10.1. The third-order valence-electron chi connectivity index (χ3n) is 2.16. The van der Waals surface area contributed by atoms with Crippen LogP contribution in [0.2, 0.25) is 0 Å². The maximum Gasteiger partial charge on any atom is 0.181 e. The van der Waals surface area contributed by atoms with Crippen LogP contribution in [-0.4, -0.2) is 17.0 Å². The van der Waals surface area contributed by atoms with E-state index in [1.165, 1.54) is 0 Å². The topological polar surface area (TPSA) is 65.6 Å². The second-order valence-corrected chi connectivity index (χ2v) is 3.57. The number of aryl methyl sites for hydroxylation is 1. The summed E-state index contributed by atoms with van der Waals surface area (Å²) >= 11 is 0. The van der Waals surface area contributed by atoms with Crippen molar-refractivity contribution in [1.82, 2.24) is 0 Å². The fraction of sp³-hybridized carbons (Fsp3) is 0.333. The minimum Gasteiger partial charge on any atom is -0.475 e. The Balaban J connectivity index is 3.14. The average Bonchev–Trinajstić information content (AvgIpc) is 2.28. The minimum absolute atomic E-state index is 0.458. The number of hydrogen-bond donors (Lipinski definition) is 1. The summed E-state index contributed by atoms with van der Waals surface area (Å²) in [5, 5.41) is 20.6. The van der Waals surface area contributed by atoms with Gasteiger partial charge in [0.05, 0.1) is 5.71 Å². The summed E-state index contributed by atoms with van der Waals surface area (Å²) in [6.45, 7) is 5.27. The van der Waals surface area contributed by atoms with E-state index in [9.17, 15) is 0 Å². The van der Waals surface area contributed by atoms with Crippen LogP contribution in [-0.2, 0) is 0 Å². The molecule has 1 aromatic carbocycles. The maximum atomic E-state index is 8.74. The Morgan fingerprint density at radius 3 is 2.81 bits per heavy atom. The number of rotatable bonds is 3. The lowest BCUT2D eigenvalue weighted by Gasteiger charge is -2.12. The van der Waals surface area contributed by atoms with Gasteiger partial charge in [0.1, 0.15) is 11.8 Å². The molecule has 0 amide bonds. The highest BCUT2D eigenvalue weighted by atomic mass is 16.5. The Kier molecular flexibility index (Phi) is 3.90. The van der Waals surface area contributed by atoms with E-state index >= 15 is 0 Å². The highest BCUT2D eigenvalue weighted by Gasteiger charge is 2.10. The van der Waals surface area contributed by atoms with Gasteiger partial charge in [0.2, 0.25) is 0 Å². The second-order valence-electron chi connectivity index (χ2n) is 3.57. The van der Waals surface area contributed by atoms with E-state index in [0.717, 1.165) is 5.56 Å². The van der Waals surface area contributed by atoms with Crippen LogP contribution in [0.15, 0.2) is 23.4 Å². The molecule has 0 saturated carbocycles. The molecule has 84 valence electrons. The van der Waals surface area contributed by atoms with Gasteiger partial charge in [-0.1, -0.05) is 11.2 Å². The number of oxime groups is 1. The van der Waals surface area contributed by atoms with Crippen molar-refractivity contribution in [2.24, 2.45) is 5.16 Å². The van der Waals surface area contributed by atoms with Gasteiger partial charge in [0, 0.05) is 5.56 Å². The van der Waals surface area contributed by atoms with Gasteiger partial charge < -0.3 is 9.94 Å². The molecule has 0 aliphatic heterocycles. The normalized spacial score (nSPS) is 13.0. The van der Waals surface area contributed by atoms with Crippen molar-refractivity contribution in [3.05, 3.63) is 29.3 Å². The largest absolute Gasteiger partial charge is 0.475 e. The van der Waals surface area contributed by atoms with Gasteiger partial charge >= 0.3 is 0 Å². The first-order valence-electron chi connectivity index (χ1n) is 4.94. The molecule has 1 aromatic rings. The molecule has 0 heterocycles. The van der Waals surface area contributed by atoms with Crippen molar-refractivity contribution in [3.63, 3.8) is 0 Å². The van der Waals surface area contributed by atoms with Crippen LogP contribution in [0.3, 0.4) is 0 Å². The third-order valence-corrected chi connectivity index (χ3v) is 2.16. The lowest BCUT2D eigenvalue weighted by Crippen LogP contribution is -2.11. The molecule has 1 atom stereocenters. The molecule has 0 aromatic heterocycles. The minimum atomic E-state index is -0.535. The fourth-order valence-electron chi connectivity index (χ4n) is 1.30. The summed E-state index contributed by atoms with van der Waals surface area (Å²) in [5.74, 6) is 0.560. The summed E-state index contributed by atoms with van der Waals surface area (Å²) < 4.78 is 5.45. The van der Waals surface area contributed by atoms with E-state index in [1.807, 2.05) is 31.2 Å². The number of nitriles is 1. The molecular formula is C12H14N2O2. The molecule has 0 bridgehead atoms. The zero-order valence-corrected chi connectivity index (χ0v) is 9.56. The highest BCUT2D eigenvalue weighted by Crippen LogP contribution is 2.22. The summed E-state index contributed by atoms with van der Waals surface area (Å²) in [5.41, 5.74) is 2.17. The van der Waals surface area contributed by atoms with Gasteiger partial charge in [-0.2, -0.15) is 5.26 Å². The SMILES string of the molecule is CC(=NO)c1ccc(C)cc1OC(C)C#N. The average molecular weight is 218 g/mol. The molecule has 4 nitrogen and oxygen atoms in total. The van der Waals surface area contributed by atoms with Gasteiger partial charge in [-0.3, -0.25) is 0 Å². The van der Waals surface area contributed by atoms with Crippen molar-refractivity contribution in [2.75, 3.05) is 0 Å². The van der Waals surface area contributed by atoms with E-state index in [2.05, 4.69) is 5.16 Å². The zero-order valence-electron chi connectivity index (χ0n) is 9.56. The predicted octanol–water partition coefficient (Wildman–Crippen LogP) is 2.48. The first-order chi connectivity index (χ1) is 7.58. The number of hydrogen-bond acceptors (Lipinski definition) is 4. The Hall–Kier alpha value is -2.02. The lowest BCUT2D eigenvalue weighted by molar-refractivity contribution is 0.275. The first kappa shape index (κ1) is 12.1. The Labute approximate surface area is 94.8 Å². The molecule has 0 aliphatic rings. The van der Waals surface area contributed by atoms with Crippen molar-refractivity contribution in [2.45, 2.75) is 26.9 Å². The summed E-state index contributed by atoms with van der Waals surface area (Å²) in [4.78, 5) is 0. The van der Waals surface area contributed by atoms with E-state index < -0.39 is 6.10 Å². The molecule has 1 unspecified atom stereocenters. The quantitative estimate of drug-likeness (QED) is 0.481. The van der Waals surface area contributed by atoms with Crippen molar-refractivity contribution in [1.29, 1.82) is 5.26 Å². The molecule has 0 spiro atoms. The zero-order chi connectivity index (χ0) is 12.1. The van der Waals surface area contributed by atoms with E-state index in [0.29, 0.717) is 17.0 Å². The Morgan fingerprint density at radius 2 is 2.25 bits per heavy atom. The van der Waals surface area contributed by atoms with Gasteiger partial charge in [-0.05, 0) is 38.5 Å². The molecule has 0 fully saturated rings. The maximum absolute atomic E-state index is 8.74. The Bertz CT molecular complexity index is 447. The monoisotopic (exact) mass is 218 g/mol. The van der Waals surface area contributed by atoms with E-state index in [-0.39, 0.29) is 0 Å². The van der Waals surface area contributed by atoms with Gasteiger partial charge in [0.15, 0.2) is 6.10 Å². The Morgan fingerprint density at radius 1 is 1.56 bits per heavy atom. The van der Waals surface area contributed by atoms with Crippen LogP contribution in [0.1, 0.15) is 25.0 Å². The highest BCUT2D eigenvalue weighted by molar-refractivity contribution is 6.00. The van der Waals surface area contributed by atoms with Crippen LogP contribution in [0.4, 0.5) is 0 Å². The number of benzene rings is 1. The molecule has 0 radical (unpaired) electrons. The number of ether oxygens (including phenoxy) is 1. The van der Waals surface area contributed by atoms with Crippen LogP contribution < -0.4 is 4.74 Å². The van der Waals surface area contributed by atoms with Crippen LogP contribution in [0.5, 0.6) is 5.75 Å². The van der Waals surface area contributed by atoms with Crippen LogP contribution in [0, 0.1) is 18.3 Å². The molecule has 0 aliphatic carbocycles. The number of nitrogens with zero attached hydrogens (tertiary/aromatic N) is 2. The standard InChI is InChI=1S/C12H14N2O2/c1-8-4-5-11(10(3)14-15)12(6-8)16-9(2)7-13/h4-6,9,15H,1-3H3. The second kappa shape index (κ2) is 5.17. The molecule has 16 heavy (non-hydrogen) atoms. The van der Waals surface area contributed by atoms with Crippen molar-refractivity contribution < 1.29 is 9.94 Å². The molecular weight excluding hydrogens is 204 g/mol. The van der Waals surface area contributed by atoms with E-state index in [4.69, 9.17) is 15.2 Å². The van der Waals surface area contributed by atoms with Gasteiger partial charge in [0.25, 0.3) is 0 Å². The summed E-state index contributed by atoms with van der Waals surface area (Å²) in [6, 6.07) is 7.52.